The first-order valence-corrected chi connectivity index (χ1v) is 9.52. The van der Waals surface area contributed by atoms with Gasteiger partial charge in [0.25, 0.3) is 0 Å². The quantitative estimate of drug-likeness (QED) is 0.226. The number of benzene rings is 2. The summed E-state index contributed by atoms with van der Waals surface area (Å²) in [5.41, 5.74) is 1.08. The summed E-state index contributed by atoms with van der Waals surface area (Å²) in [5, 5.41) is 9.56. The lowest BCUT2D eigenvalue weighted by Crippen LogP contribution is -2.44. The molecule has 0 aromatic heterocycles. The van der Waals surface area contributed by atoms with Crippen molar-refractivity contribution in [1.29, 1.82) is 0 Å². The van der Waals surface area contributed by atoms with Gasteiger partial charge >= 0.3 is 0 Å². The lowest BCUT2D eigenvalue weighted by atomic mass is 10.2. The van der Waals surface area contributed by atoms with Crippen molar-refractivity contribution in [2.24, 2.45) is 4.99 Å². The fourth-order valence-corrected chi connectivity index (χ4v) is 3.20. The monoisotopic (exact) mass is 498 g/mol. The third-order valence-electron chi connectivity index (χ3n) is 3.61. The molecular weight excluding hydrogens is 471 g/mol. The summed E-state index contributed by atoms with van der Waals surface area (Å²) in [5.74, 6) is 0.559. The fraction of sp³-hybridized carbons (Fsp3) is 0.300. The molecule has 1 amide bonds. The molecule has 146 valence electrons. The smallest absolute Gasteiger partial charge is 0.239 e. The minimum absolute atomic E-state index is 0. The molecule has 0 aliphatic heterocycles. The molecule has 0 spiro atoms. The highest BCUT2D eigenvalue weighted by atomic mass is 127. The molecule has 1 unspecified atom stereocenters. The summed E-state index contributed by atoms with van der Waals surface area (Å²) in [4.78, 5) is 17.4. The third-order valence-corrected chi connectivity index (χ3v) is 4.72. The Balaban J connectivity index is 0.00000364. The molecule has 2 aromatic rings. The topological polar surface area (TPSA) is 65.5 Å². The number of rotatable bonds is 8. The van der Waals surface area contributed by atoms with E-state index in [0.29, 0.717) is 17.8 Å². The Morgan fingerprint density at radius 2 is 1.63 bits per heavy atom. The van der Waals surface area contributed by atoms with Crippen LogP contribution < -0.4 is 16.0 Å². The van der Waals surface area contributed by atoms with E-state index in [1.54, 1.807) is 18.8 Å². The first-order valence-electron chi connectivity index (χ1n) is 8.64. The maximum atomic E-state index is 12.0. The molecule has 0 saturated carbocycles. The van der Waals surface area contributed by atoms with Gasteiger partial charge in [0, 0.05) is 30.3 Å². The zero-order valence-electron chi connectivity index (χ0n) is 15.6. The molecule has 5 nitrogen and oxygen atoms in total. The minimum atomic E-state index is -0.0662. The number of carbonyl (C=O) groups excluding carboxylic acids is 1. The van der Waals surface area contributed by atoms with Crippen LogP contribution in [0.15, 0.2) is 70.6 Å². The first kappa shape index (κ1) is 23.3. The van der Waals surface area contributed by atoms with Gasteiger partial charge in [0.1, 0.15) is 0 Å². The molecule has 27 heavy (non-hydrogen) atoms. The molecular formula is C20H27IN4OS. The van der Waals surface area contributed by atoms with Gasteiger partial charge in [0.05, 0.1) is 6.54 Å². The number of halogens is 1. The second kappa shape index (κ2) is 13.4. The van der Waals surface area contributed by atoms with Crippen LogP contribution in [0.25, 0.3) is 0 Å². The second-order valence-electron chi connectivity index (χ2n) is 5.81. The zero-order valence-corrected chi connectivity index (χ0v) is 18.8. The molecule has 0 saturated heterocycles. The molecule has 7 heteroatoms. The van der Waals surface area contributed by atoms with E-state index in [1.807, 2.05) is 48.5 Å². The summed E-state index contributed by atoms with van der Waals surface area (Å²) in [6.45, 7) is 3.63. The van der Waals surface area contributed by atoms with E-state index >= 15 is 0 Å². The van der Waals surface area contributed by atoms with E-state index in [0.717, 1.165) is 12.1 Å². The van der Waals surface area contributed by atoms with Crippen LogP contribution in [-0.4, -0.2) is 37.3 Å². The van der Waals surface area contributed by atoms with Gasteiger partial charge in [-0.2, -0.15) is 0 Å². The van der Waals surface area contributed by atoms with Crippen molar-refractivity contribution in [1.82, 2.24) is 16.0 Å². The van der Waals surface area contributed by atoms with Crippen molar-refractivity contribution in [3.05, 3.63) is 66.2 Å². The number of nitrogens with zero attached hydrogens (tertiary/aromatic N) is 1. The highest BCUT2D eigenvalue weighted by Gasteiger charge is 2.07. The number of nitrogens with one attached hydrogen (secondary N) is 3. The summed E-state index contributed by atoms with van der Waals surface area (Å²) in [6.07, 6.45) is 0. The van der Waals surface area contributed by atoms with E-state index < -0.39 is 0 Å². The third kappa shape index (κ3) is 9.67. The Bertz CT molecular complexity index is 698. The van der Waals surface area contributed by atoms with Crippen molar-refractivity contribution < 1.29 is 4.79 Å². The van der Waals surface area contributed by atoms with E-state index in [9.17, 15) is 4.79 Å². The molecule has 0 aliphatic rings. The molecule has 0 aliphatic carbocycles. The molecule has 2 aromatic carbocycles. The van der Waals surface area contributed by atoms with Crippen LogP contribution in [0.2, 0.25) is 0 Å². The molecule has 3 N–H and O–H groups in total. The van der Waals surface area contributed by atoms with E-state index in [-0.39, 0.29) is 36.4 Å². The van der Waals surface area contributed by atoms with Crippen LogP contribution in [-0.2, 0) is 11.3 Å². The molecule has 0 radical (unpaired) electrons. The predicted octanol–water partition coefficient (Wildman–Crippen LogP) is 3.27. The summed E-state index contributed by atoms with van der Waals surface area (Å²) < 4.78 is 0. The van der Waals surface area contributed by atoms with Gasteiger partial charge in [-0.1, -0.05) is 55.5 Å². The lowest BCUT2D eigenvalue weighted by Gasteiger charge is -2.16. The maximum Gasteiger partial charge on any atom is 0.239 e. The molecule has 1 atom stereocenters. The standard InChI is InChI=1S/C20H26N4OS.HI/c1-16(26-18-11-7-4-8-12-18)13-23-20(21-2)24-15-19(25)22-14-17-9-5-3-6-10-17;/h3-12,16H,13-15H2,1-2H3,(H,22,25)(H2,21,23,24);1H. The van der Waals surface area contributed by atoms with Crippen LogP contribution in [0, 0.1) is 0 Å². The Hall–Kier alpha value is -1.74. The van der Waals surface area contributed by atoms with Crippen molar-refractivity contribution in [2.45, 2.75) is 23.6 Å². The van der Waals surface area contributed by atoms with Gasteiger partial charge in [-0.15, -0.1) is 35.7 Å². The largest absolute Gasteiger partial charge is 0.355 e. The maximum absolute atomic E-state index is 12.0. The molecule has 0 heterocycles. The average molecular weight is 498 g/mol. The van der Waals surface area contributed by atoms with Gasteiger partial charge in [0.2, 0.25) is 5.91 Å². The number of amides is 1. The highest BCUT2D eigenvalue weighted by molar-refractivity contribution is 14.0. The first-order chi connectivity index (χ1) is 12.7. The van der Waals surface area contributed by atoms with E-state index in [2.05, 4.69) is 40.0 Å². The number of thioether (sulfide) groups is 1. The normalized spacial score (nSPS) is 11.9. The number of hydrogen-bond donors (Lipinski definition) is 3. The summed E-state index contributed by atoms with van der Waals surface area (Å²) in [7, 11) is 1.70. The average Bonchev–Trinajstić information content (AvgIpc) is 2.68. The molecule has 2 rings (SSSR count). The van der Waals surface area contributed by atoms with Gasteiger partial charge in [0.15, 0.2) is 5.96 Å². The summed E-state index contributed by atoms with van der Waals surface area (Å²) >= 11 is 1.80. The van der Waals surface area contributed by atoms with Gasteiger partial charge < -0.3 is 16.0 Å². The van der Waals surface area contributed by atoms with E-state index in [1.165, 1.54) is 4.90 Å². The minimum Gasteiger partial charge on any atom is -0.355 e. The number of hydrogen-bond acceptors (Lipinski definition) is 3. The van der Waals surface area contributed by atoms with Gasteiger partial charge in [-0.3, -0.25) is 9.79 Å². The summed E-state index contributed by atoms with van der Waals surface area (Å²) in [6, 6.07) is 20.1. The Labute approximate surface area is 182 Å². The number of guanidine groups is 1. The fourth-order valence-electron chi connectivity index (χ4n) is 2.26. The highest BCUT2D eigenvalue weighted by Crippen LogP contribution is 2.21. The number of carbonyl (C=O) groups is 1. The molecule has 0 bridgehead atoms. The van der Waals surface area contributed by atoms with Gasteiger partial charge in [-0.05, 0) is 17.7 Å². The van der Waals surface area contributed by atoms with Crippen LogP contribution in [0.5, 0.6) is 0 Å². The number of aliphatic imine (C=N–C) groups is 1. The SMILES string of the molecule is CN=C(NCC(=O)NCc1ccccc1)NCC(C)Sc1ccccc1.I. The van der Waals surface area contributed by atoms with Crippen LogP contribution in [0.4, 0.5) is 0 Å². The lowest BCUT2D eigenvalue weighted by molar-refractivity contribution is -0.120. The molecule has 0 fully saturated rings. The van der Waals surface area contributed by atoms with Crippen molar-refractivity contribution in [2.75, 3.05) is 20.1 Å². The zero-order chi connectivity index (χ0) is 18.6. The predicted molar refractivity (Wildman–Crippen MR) is 125 cm³/mol. The second-order valence-corrected chi connectivity index (χ2v) is 7.32. The van der Waals surface area contributed by atoms with Gasteiger partial charge in [-0.25, -0.2) is 0 Å². The Morgan fingerprint density at radius 3 is 2.26 bits per heavy atom. The van der Waals surface area contributed by atoms with Crippen LogP contribution in [0.3, 0.4) is 0 Å². The van der Waals surface area contributed by atoms with Crippen molar-refractivity contribution in [3.8, 4) is 0 Å². The van der Waals surface area contributed by atoms with Crippen molar-refractivity contribution in [3.63, 3.8) is 0 Å². The van der Waals surface area contributed by atoms with Crippen molar-refractivity contribution >= 4 is 47.6 Å². The van der Waals surface area contributed by atoms with Crippen LogP contribution in [0.1, 0.15) is 12.5 Å². The Morgan fingerprint density at radius 1 is 1.00 bits per heavy atom. The van der Waals surface area contributed by atoms with E-state index in [4.69, 9.17) is 0 Å². The Kier molecular flexibility index (Phi) is 11.6. The van der Waals surface area contributed by atoms with Crippen LogP contribution >= 0.6 is 35.7 Å².